The number of imidazole rings is 1. The number of aromatic nitrogens is 2. The highest BCUT2D eigenvalue weighted by atomic mass is 16.7. The first-order chi connectivity index (χ1) is 24.3. The van der Waals surface area contributed by atoms with Crippen molar-refractivity contribution in [2.24, 2.45) is 0 Å². The third-order valence-electron chi connectivity index (χ3n) is 7.92. The number of rotatable bonds is 10. The van der Waals surface area contributed by atoms with E-state index in [1.54, 1.807) is 91.0 Å². The zero-order chi connectivity index (χ0) is 35.2. The molecule has 13 nitrogen and oxygen atoms in total. The third kappa shape index (κ3) is 7.08. The van der Waals surface area contributed by atoms with Gasteiger partial charge in [-0.15, -0.1) is 0 Å². The minimum Gasteiger partial charge on any atom is -0.465 e. The zero-order valence-electron chi connectivity index (χ0n) is 26.8. The van der Waals surface area contributed by atoms with E-state index in [0.29, 0.717) is 5.52 Å². The first kappa shape index (κ1) is 33.6. The van der Waals surface area contributed by atoms with Gasteiger partial charge < -0.3 is 33.4 Å². The van der Waals surface area contributed by atoms with Crippen molar-refractivity contribution in [2.75, 3.05) is 20.8 Å². The van der Waals surface area contributed by atoms with Crippen molar-refractivity contribution in [3.63, 3.8) is 0 Å². The molecule has 1 aliphatic rings. The molecule has 0 amide bonds. The highest BCUT2D eigenvalue weighted by Crippen LogP contribution is 2.38. The monoisotopic (exact) mass is 678 g/mol. The molecule has 50 heavy (non-hydrogen) atoms. The Hall–Kier alpha value is -6.34. The van der Waals surface area contributed by atoms with Crippen LogP contribution >= 0.6 is 0 Å². The summed E-state index contributed by atoms with van der Waals surface area (Å²) in [6.45, 7) is -0.393. The van der Waals surface area contributed by atoms with Gasteiger partial charge in [-0.25, -0.2) is 29.0 Å². The van der Waals surface area contributed by atoms with Gasteiger partial charge in [0, 0.05) is 0 Å². The molecular weight excluding hydrogens is 648 g/mol. The summed E-state index contributed by atoms with van der Waals surface area (Å²) in [5.74, 6) is -3.63. The number of methoxy groups -OCH3 is 2. The first-order valence-corrected chi connectivity index (χ1v) is 15.4. The van der Waals surface area contributed by atoms with Crippen LogP contribution < -0.4 is 0 Å². The lowest BCUT2D eigenvalue weighted by atomic mass is 10.1. The topological polar surface area (TPSA) is 169 Å². The van der Waals surface area contributed by atoms with Crippen LogP contribution in [0, 0.1) is 0 Å². The lowest BCUT2D eigenvalue weighted by Crippen LogP contribution is -2.41. The molecule has 0 saturated carbocycles. The van der Waals surface area contributed by atoms with E-state index in [1.807, 2.05) is 0 Å². The number of H-pyrrole nitrogens is 1. The van der Waals surface area contributed by atoms with Crippen molar-refractivity contribution >= 4 is 40.9 Å². The van der Waals surface area contributed by atoms with Crippen LogP contribution in [-0.4, -0.2) is 79.0 Å². The number of hydrogen-bond acceptors (Lipinski definition) is 12. The van der Waals surface area contributed by atoms with Gasteiger partial charge in [-0.2, -0.15) is 0 Å². The van der Waals surface area contributed by atoms with Gasteiger partial charge in [0.1, 0.15) is 18.5 Å². The minimum atomic E-state index is -1.32. The van der Waals surface area contributed by atoms with Gasteiger partial charge in [0.25, 0.3) is 0 Å². The van der Waals surface area contributed by atoms with Crippen molar-refractivity contribution in [3.05, 3.63) is 137 Å². The van der Waals surface area contributed by atoms with E-state index < -0.39 is 60.9 Å². The first-order valence-electron chi connectivity index (χ1n) is 15.4. The second-order valence-electron chi connectivity index (χ2n) is 11.1. The Morgan fingerprint density at radius 2 is 1.12 bits per heavy atom. The molecule has 4 atom stereocenters. The fourth-order valence-corrected chi connectivity index (χ4v) is 5.47. The summed E-state index contributed by atoms with van der Waals surface area (Å²) >= 11 is 0. The second kappa shape index (κ2) is 14.8. The number of aromatic amines is 1. The molecule has 6 rings (SSSR count). The van der Waals surface area contributed by atoms with Crippen molar-refractivity contribution in [2.45, 2.75) is 24.4 Å². The average molecular weight is 679 g/mol. The quantitative estimate of drug-likeness (QED) is 0.157. The Kier molecular flexibility index (Phi) is 9.95. The molecule has 0 bridgehead atoms. The smallest absolute Gasteiger partial charge is 0.338 e. The van der Waals surface area contributed by atoms with Crippen LogP contribution in [0.5, 0.6) is 0 Å². The summed E-state index contributed by atoms with van der Waals surface area (Å²) in [6.07, 6.45) is -4.98. The fraction of sp³-hybridized carbons (Fsp3) is 0.189. The molecule has 1 N–H and O–H groups in total. The minimum absolute atomic E-state index is 0.0817. The van der Waals surface area contributed by atoms with Crippen LogP contribution in [0.1, 0.15) is 63.7 Å². The summed E-state index contributed by atoms with van der Waals surface area (Å²) in [4.78, 5) is 72.6. The molecular formula is C37H30N2O11. The molecule has 0 unspecified atom stereocenters. The normalized spacial score (nSPS) is 18.2. The van der Waals surface area contributed by atoms with E-state index in [-0.39, 0.29) is 39.2 Å². The van der Waals surface area contributed by atoms with Crippen molar-refractivity contribution in [1.82, 2.24) is 9.97 Å². The molecule has 0 radical (unpaired) electrons. The van der Waals surface area contributed by atoms with E-state index in [1.165, 1.54) is 26.4 Å². The Bertz CT molecular complexity index is 1980. The molecule has 2 heterocycles. The number of nitrogens with zero attached hydrogens (tertiary/aromatic N) is 1. The van der Waals surface area contributed by atoms with Crippen LogP contribution in [0.25, 0.3) is 11.0 Å². The number of ether oxygens (including phenoxy) is 6. The maximum Gasteiger partial charge on any atom is 0.338 e. The predicted octanol–water partition coefficient (Wildman–Crippen LogP) is 4.88. The van der Waals surface area contributed by atoms with Crippen molar-refractivity contribution in [3.8, 4) is 0 Å². The number of benzene rings is 4. The maximum atomic E-state index is 13.5. The average Bonchev–Trinajstić information content (AvgIpc) is 3.73. The van der Waals surface area contributed by atoms with Gasteiger partial charge in [-0.05, 0) is 48.5 Å². The van der Waals surface area contributed by atoms with Gasteiger partial charge in [0.15, 0.2) is 18.3 Å². The standard InChI is InChI=1S/C37H30N2O11/c1-45-36(43)24-18-26-27(19-25(24)37(44)46-2)39-32(38-26)31-30(50-35(42)23-16-10-5-11-17-23)29(49-34(41)22-14-8-4-9-15-22)28(48-31)20-47-33(40)21-12-6-3-7-13-21/h3-19,28-31H,20H2,1-2H3,(H,38,39)/t28-,29-,30-,31-/m1/s1. The molecule has 4 aromatic carbocycles. The van der Waals surface area contributed by atoms with E-state index in [4.69, 9.17) is 28.4 Å². The summed E-state index contributed by atoms with van der Waals surface area (Å²) in [5, 5.41) is 0. The predicted molar refractivity (Wildman–Crippen MR) is 174 cm³/mol. The molecule has 1 aliphatic heterocycles. The summed E-state index contributed by atoms with van der Waals surface area (Å²) in [6, 6.07) is 27.3. The van der Waals surface area contributed by atoms with Gasteiger partial charge in [0.05, 0.1) is 53.1 Å². The molecule has 1 aromatic heterocycles. The largest absolute Gasteiger partial charge is 0.465 e. The molecule has 1 fully saturated rings. The van der Waals surface area contributed by atoms with E-state index in [0.717, 1.165) is 0 Å². The molecule has 0 spiro atoms. The lowest BCUT2D eigenvalue weighted by Gasteiger charge is -2.24. The molecule has 13 heteroatoms. The Labute approximate surface area is 285 Å². The second-order valence-corrected chi connectivity index (χ2v) is 11.1. The van der Waals surface area contributed by atoms with Gasteiger partial charge in [0.2, 0.25) is 0 Å². The summed E-state index contributed by atoms with van der Waals surface area (Å²) < 4.78 is 33.6. The fourth-order valence-electron chi connectivity index (χ4n) is 5.47. The molecule has 5 aromatic rings. The number of carbonyl (C=O) groups is 5. The van der Waals surface area contributed by atoms with Crippen LogP contribution in [0.4, 0.5) is 0 Å². The molecule has 254 valence electrons. The SMILES string of the molecule is COC(=O)c1cc2nc([C@@H]3O[C@H](COC(=O)c4ccccc4)[C@@H](OC(=O)c4ccccc4)[C@H]3OC(=O)c3ccccc3)[nH]c2cc1C(=O)OC. The van der Waals surface area contributed by atoms with Crippen LogP contribution in [0.15, 0.2) is 103 Å². The van der Waals surface area contributed by atoms with E-state index in [9.17, 15) is 24.0 Å². The Morgan fingerprint density at radius 1 is 0.640 bits per heavy atom. The Balaban J connectivity index is 1.41. The van der Waals surface area contributed by atoms with Crippen LogP contribution in [-0.2, 0) is 28.4 Å². The maximum absolute atomic E-state index is 13.5. The Morgan fingerprint density at radius 3 is 1.64 bits per heavy atom. The number of carbonyl (C=O) groups excluding carboxylic acids is 5. The van der Waals surface area contributed by atoms with Gasteiger partial charge in [-0.3, -0.25) is 0 Å². The molecule has 0 aliphatic carbocycles. The van der Waals surface area contributed by atoms with Crippen LogP contribution in [0.3, 0.4) is 0 Å². The zero-order valence-corrected chi connectivity index (χ0v) is 26.8. The van der Waals surface area contributed by atoms with Gasteiger partial charge >= 0.3 is 29.8 Å². The lowest BCUT2D eigenvalue weighted by molar-refractivity contribution is -0.0453. The third-order valence-corrected chi connectivity index (χ3v) is 7.92. The number of fused-ring (bicyclic) bond motifs is 1. The number of hydrogen-bond donors (Lipinski definition) is 1. The number of esters is 5. The van der Waals surface area contributed by atoms with Crippen molar-refractivity contribution in [1.29, 1.82) is 0 Å². The number of nitrogens with one attached hydrogen (secondary N) is 1. The van der Waals surface area contributed by atoms with E-state index >= 15 is 0 Å². The highest BCUT2D eigenvalue weighted by molar-refractivity contribution is 6.06. The van der Waals surface area contributed by atoms with Crippen LogP contribution in [0.2, 0.25) is 0 Å². The highest BCUT2D eigenvalue weighted by Gasteiger charge is 2.52. The van der Waals surface area contributed by atoms with Gasteiger partial charge in [-0.1, -0.05) is 54.6 Å². The van der Waals surface area contributed by atoms with E-state index in [2.05, 4.69) is 9.97 Å². The summed E-state index contributed by atoms with van der Waals surface area (Å²) in [5.41, 5.74) is 1.09. The summed E-state index contributed by atoms with van der Waals surface area (Å²) in [7, 11) is 2.34. The van der Waals surface area contributed by atoms with Crippen molar-refractivity contribution < 1.29 is 52.4 Å². The molecule has 1 saturated heterocycles.